The third kappa shape index (κ3) is 1.17. The minimum absolute atomic E-state index is 0.825. The number of hydrogen-bond acceptors (Lipinski definition) is 3. The van der Waals surface area contributed by atoms with Crippen molar-refractivity contribution in [2.75, 3.05) is 0 Å². The molecule has 0 N–H and O–H groups in total. The van der Waals surface area contributed by atoms with Crippen LogP contribution in [0.1, 0.15) is 0 Å². The van der Waals surface area contributed by atoms with Crippen molar-refractivity contribution in [2.45, 2.75) is 0 Å². The molecule has 3 heteroatoms. The fraction of sp³-hybridized carbons (Fsp3) is 0. The van der Waals surface area contributed by atoms with Gasteiger partial charge in [0.2, 0.25) is 0 Å². The van der Waals surface area contributed by atoms with Crippen molar-refractivity contribution >= 4 is 5.71 Å². The number of allylic oxidation sites excluding steroid dienone is 6. The van der Waals surface area contributed by atoms with Gasteiger partial charge in [0.15, 0.2) is 0 Å². The predicted molar refractivity (Wildman–Crippen MR) is 43.0 cm³/mol. The minimum Gasteiger partial charge on any atom is -0.132 e. The maximum absolute atomic E-state index is 3.83. The normalized spacial score (nSPS) is 30.9. The van der Waals surface area contributed by atoms with E-state index < -0.39 is 0 Å². The maximum atomic E-state index is 3.83. The lowest BCUT2D eigenvalue weighted by Crippen LogP contribution is -1.96. The smallest absolute Gasteiger partial charge is 0.112 e. The molecule has 0 saturated heterocycles. The second kappa shape index (κ2) is 2.62. The van der Waals surface area contributed by atoms with E-state index in [4.69, 9.17) is 0 Å². The molecule has 0 aromatic carbocycles. The molecule has 0 amide bonds. The summed E-state index contributed by atoms with van der Waals surface area (Å²) in [5, 5.41) is 11.2. The van der Waals surface area contributed by atoms with Crippen LogP contribution in [0.3, 0.4) is 0 Å². The van der Waals surface area contributed by atoms with Crippen LogP contribution in [-0.2, 0) is 0 Å². The second-order valence-corrected chi connectivity index (χ2v) is 2.16. The summed E-state index contributed by atoms with van der Waals surface area (Å²) < 4.78 is 0. The monoisotopic (exact) mass is 144 g/mol. The Morgan fingerprint density at radius 2 is 1.91 bits per heavy atom. The molecule has 53 valence electrons. The Bertz CT molecular complexity index is 305. The van der Waals surface area contributed by atoms with Gasteiger partial charge in [0, 0.05) is 6.42 Å². The standard InChI is InChI=1S/C8H6N3/c1-2-4-6-8-7(5-3-1)9-11-10-8/h1-6H/b3-1-,4-2-,7-5+. The molecule has 0 aromatic heterocycles. The molecular formula is C8H6N3. The van der Waals surface area contributed by atoms with Gasteiger partial charge in [0.1, 0.15) is 11.4 Å². The van der Waals surface area contributed by atoms with Gasteiger partial charge >= 0.3 is 0 Å². The van der Waals surface area contributed by atoms with Crippen LogP contribution in [-0.4, -0.2) is 5.71 Å². The lowest BCUT2D eigenvalue weighted by Gasteiger charge is -1.94. The van der Waals surface area contributed by atoms with Crippen molar-refractivity contribution < 1.29 is 0 Å². The first-order valence-electron chi connectivity index (χ1n) is 3.34. The molecule has 0 spiro atoms. The van der Waals surface area contributed by atoms with Crippen molar-refractivity contribution in [1.29, 1.82) is 0 Å². The number of hydrogen-bond donors (Lipinski definition) is 0. The van der Waals surface area contributed by atoms with E-state index in [1.807, 2.05) is 36.8 Å². The Hall–Kier alpha value is -1.51. The van der Waals surface area contributed by atoms with Crippen LogP contribution in [0, 0.1) is 6.42 Å². The zero-order valence-corrected chi connectivity index (χ0v) is 5.81. The van der Waals surface area contributed by atoms with Crippen LogP contribution in [0.5, 0.6) is 0 Å². The third-order valence-electron chi connectivity index (χ3n) is 1.41. The average Bonchev–Trinajstić information content (AvgIpc) is 2.35. The van der Waals surface area contributed by atoms with E-state index in [0.717, 1.165) is 11.4 Å². The molecule has 1 radical (unpaired) electrons. The number of nitrogens with zero attached hydrogens (tertiary/aromatic N) is 3. The molecule has 2 rings (SSSR count). The summed E-state index contributed by atoms with van der Waals surface area (Å²) in [4.78, 5) is 0. The van der Waals surface area contributed by atoms with Crippen LogP contribution < -0.4 is 0 Å². The van der Waals surface area contributed by atoms with Crippen LogP contribution in [0.4, 0.5) is 0 Å². The summed E-state index contributed by atoms with van der Waals surface area (Å²) in [6.07, 6.45) is 11.5. The minimum atomic E-state index is 0.825. The Kier molecular flexibility index (Phi) is 1.48. The van der Waals surface area contributed by atoms with Crippen LogP contribution in [0.2, 0.25) is 0 Å². The zero-order valence-electron chi connectivity index (χ0n) is 5.81. The summed E-state index contributed by atoms with van der Waals surface area (Å²) in [7, 11) is 0. The topological polar surface area (TPSA) is 37.1 Å². The van der Waals surface area contributed by atoms with Crippen LogP contribution in [0.15, 0.2) is 51.5 Å². The lowest BCUT2D eigenvalue weighted by atomic mass is 10.1. The van der Waals surface area contributed by atoms with E-state index in [-0.39, 0.29) is 0 Å². The molecule has 3 nitrogen and oxygen atoms in total. The average molecular weight is 144 g/mol. The highest BCUT2D eigenvalue weighted by Gasteiger charge is 2.09. The fourth-order valence-electron chi connectivity index (χ4n) is 0.880. The highest BCUT2D eigenvalue weighted by atomic mass is 15.4. The van der Waals surface area contributed by atoms with Crippen molar-refractivity contribution in [3.8, 4) is 0 Å². The van der Waals surface area contributed by atoms with Gasteiger partial charge in [-0.15, -0.1) is 10.2 Å². The van der Waals surface area contributed by atoms with Gasteiger partial charge in [-0.05, 0) is 11.3 Å². The van der Waals surface area contributed by atoms with Crippen molar-refractivity contribution in [3.05, 3.63) is 42.5 Å². The molecule has 0 unspecified atom stereocenters. The van der Waals surface area contributed by atoms with E-state index in [2.05, 4.69) is 15.4 Å². The summed E-state index contributed by atoms with van der Waals surface area (Å²) >= 11 is 0. The van der Waals surface area contributed by atoms with Gasteiger partial charge in [0.05, 0.1) is 0 Å². The Balaban J connectivity index is 2.38. The molecule has 11 heavy (non-hydrogen) atoms. The number of rotatable bonds is 0. The van der Waals surface area contributed by atoms with Crippen molar-refractivity contribution in [2.24, 2.45) is 15.4 Å². The van der Waals surface area contributed by atoms with Gasteiger partial charge in [-0.1, -0.05) is 24.3 Å². The predicted octanol–water partition coefficient (Wildman–Crippen LogP) is 2.02. The van der Waals surface area contributed by atoms with Crippen LogP contribution in [0.25, 0.3) is 0 Å². The van der Waals surface area contributed by atoms with Crippen molar-refractivity contribution in [3.63, 3.8) is 0 Å². The first kappa shape index (κ1) is 6.22. The highest BCUT2D eigenvalue weighted by Crippen LogP contribution is 2.13. The molecule has 0 bridgehead atoms. The maximum Gasteiger partial charge on any atom is 0.112 e. The molecule has 0 atom stereocenters. The first-order chi connectivity index (χ1) is 5.47. The second-order valence-electron chi connectivity index (χ2n) is 2.16. The van der Waals surface area contributed by atoms with Gasteiger partial charge in [-0.3, -0.25) is 0 Å². The van der Waals surface area contributed by atoms with Gasteiger partial charge in [-0.2, -0.15) is 0 Å². The van der Waals surface area contributed by atoms with Gasteiger partial charge in [0.25, 0.3) is 0 Å². The summed E-state index contributed by atoms with van der Waals surface area (Å²) in [5.74, 6) is 0. The zero-order chi connectivity index (χ0) is 7.52. The Morgan fingerprint density at radius 3 is 2.91 bits per heavy atom. The Labute approximate surface area is 64.5 Å². The number of fused-ring (bicyclic) bond motifs is 1. The van der Waals surface area contributed by atoms with Gasteiger partial charge < -0.3 is 0 Å². The molecule has 0 saturated carbocycles. The van der Waals surface area contributed by atoms with E-state index >= 15 is 0 Å². The quantitative estimate of drug-likeness (QED) is 0.498. The highest BCUT2D eigenvalue weighted by molar-refractivity contribution is 6.08. The molecule has 1 aliphatic heterocycles. The van der Waals surface area contributed by atoms with E-state index in [9.17, 15) is 0 Å². The summed E-state index contributed by atoms with van der Waals surface area (Å²) in [6.45, 7) is 0. The van der Waals surface area contributed by atoms with Crippen molar-refractivity contribution in [1.82, 2.24) is 0 Å². The molecule has 0 fully saturated rings. The molecule has 0 aromatic rings. The summed E-state index contributed by atoms with van der Waals surface area (Å²) in [6, 6.07) is 0. The van der Waals surface area contributed by atoms with E-state index in [1.54, 1.807) is 0 Å². The van der Waals surface area contributed by atoms with Crippen LogP contribution >= 0.6 is 0 Å². The molecule has 2 aliphatic rings. The SMILES string of the molecule is [CH]1\C=C/C=C\C=C2\N=NN=C12. The molecule has 1 aliphatic carbocycles. The molecular weight excluding hydrogens is 138 g/mol. The third-order valence-corrected chi connectivity index (χ3v) is 1.41. The fourth-order valence-corrected chi connectivity index (χ4v) is 0.880. The molecule has 1 heterocycles. The summed E-state index contributed by atoms with van der Waals surface area (Å²) in [5.41, 5.74) is 1.65. The Morgan fingerprint density at radius 1 is 1.00 bits per heavy atom. The first-order valence-corrected chi connectivity index (χ1v) is 3.34. The van der Waals surface area contributed by atoms with Gasteiger partial charge in [-0.25, -0.2) is 0 Å². The van der Waals surface area contributed by atoms with E-state index in [0.29, 0.717) is 0 Å². The lowest BCUT2D eigenvalue weighted by molar-refractivity contribution is 1.09. The largest absolute Gasteiger partial charge is 0.132 e. The van der Waals surface area contributed by atoms with E-state index in [1.165, 1.54) is 0 Å².